The van der Waals surface area contributed by atoms with E-state index in [0.29, 0.717) is 27.7 Å². The number of hydrogen-bond donors (Lipinski definition) is 3. The molecule has 0 radical (unpaired) electrons. The summed E-state index contributed by atoms with van der Waals surface area (Å²) in [6.07, 6.45) is 5.94. The summed E-state index contributed by atoms with van der Waals surface area (Å²) in [4.78, 5) is 42.1. The predicted molar refractivity (Wildman–Crippen MR) is 140 cm³/mol. The fourth-order valence-corrected chi connectivity index (χ4v) is 6.15. The van der Waals surface area contributed by atoms with Gasteiger partial charge in [0.15, 0.2) is 9.84 Å². The first kappa shape index (κ1) is 23.2. The van der Waals surface area contributed by atoms with Crippen molar-refractivity contribution in [1.82, 2.24) is 10.3 Å². The summed E-state index contributed by atoms with van der Waals surface area (Å²) >= 11 is 0. The van der Waals surface area contributed by atoms with E-state index in [0.717, 1.165) is 35.6 Å². The first-order valence-electron chi connectivity index (χ1n) is 12.0. The molecule has 37 heavy (non-hydrogen) atoms. The Morgan fingerprint density at radius 3 is 2.57 bits per heavy atom. The summed E-state index contributed by atoms with van der Waals surface area (Å²) in [6.45, 7) is 0. The molecule has 9 nitrogen and oxygen atoms in total. The number of anilines is 1. The van der Waals surface area contributed by atoms with Gasteiger partial charge in [-0.1, -0.05) is 18.6 Å². The molecule has 0 spiro atoms. The number of H-pyrrole nitrogens is 1. The highest BCUT2D eigenvalue weighted by Gasteiger charge is 2.28. The first-order valence-corrected chi connectivity index (χ1v) is 13.7. The van der Waals surface area contributed by atoms with Crippen molar-refractivity contribution in [3.05, 3.63) is 87.3 Å². The lowest BCUT2D eigenvalue weighted by Gasteiger charge is -2.28. The number of carbonyl (C=O) groups excluding carboxylic acids is 2. The number of rotatable bonds is 5. The van der Waals surface area contributed by atoms with Crippen molar-refractivity contribution < 1.29 is 22.4 Å². The SMILES string of the molecule is O=C(N[C@@H]1C=CS(=O)(=O)C1)c1cc2ccc(C3CCC3)c(C(=O)Nc3ccc4occc4c3)c2[nH]c1=O. The fourth-order valence-electron chi connectivity index (χ4n) is 4.91. The molecular weight excluding hydrogens is 494 g/mol. The number of carbonyl (C=O) groups is 2. The minimum absolute atomic E-state index is 0.154. The zero-order valence-corrected chi connectivity index (χ0v) is 20.4. The lowest BCUT2D eigenvalue weighted by Crippen LogP contribution is -2.38. The lowest BCUT2D eigenvalue weighted by molar-refractivity contribution is 0.0945. The van der Waals surface area contributed by atoms with Crippen LogP contribution in [0.2, 0.25) is 0 Å². The Kier molecular flexibility index (Phi) is 5.49. The maximum absolute atomic E-state index is 13.6. The summed E-state index contributed by atoms with van der Waals surface area (Å²) in [7, 11) is -3.36. The molecule has 1 atom stereocenters. The highest BCUT2D eigenvalue weighted by molar-refractivity contribution is 7.94. The van der Waals surface area contributed by atoms with Gasteiger partial charge in [-0.3, -0.25) is 14.4 Å². The summed E-state index contributed by atoms with van der Waals surface area (Å²) < 4.78 is 28.7. The van der Waals surface area contributed by atoms with E-state index in [-0.39, 0.29) is 23.1 Å². The normalized spacial score (nSPS) is 18.6. The van der Waals surface area contributed by atoms with Gasteiger partial charge in [0, 0.05) is 16.5 Å². The van der Waals surface area contributed by atoms with Crippen molar-refractivity contribution in [2.75, 3.05) is 11.1 Å². The molecule has 0 unspecified atom stereocenters. The van der Waals surface area contributed by atoms with Crippen LogP contribution in [0, 0.1) is 0 Å². The van der Waals surface area contributed by atoms with Crippen LogP contribution < -0.4 is 16.2 Å². The molecule has 6 rings (SSSR count). The van der Waals surface area contributed by atoms with Gasteiger partial charge in [-0.25, -0.2) is 8.42 Å². The molecular formula is C27H23N3O6S. The predicted octanol–water partition coefficient (Wildman–Crippen LogP) is 3.83. The number of hydrogen-bond acceptors (Lipinski definition) is 6. The van der Waals surface area contributed by atoms with Gasteiger partial charge in [-0.05, 0) is 66.1 Å². The Bertz CT molecular complexity index is 1780. The Balaban J connectivity index is 1.37. The van der Waals surface area contributed by atoms with Crippen LogP contribution in [0.25, 0.3) is 21.9 Å². The van der Waals surface area contributed by atoms with Gasteiger partial charge >= 0.3 is 0 Å². The number of benzene rings is 2. The second kappa shape index (κ2) is 8.74. The first-order chi connectivity index (χ1) is 17.8. The molecule has 2 aromatic heterocycles. The van der Waals surface area contributed by atoms with E-state index in [9.17, 15) is 22.8 Å². The maximum atomic E-state index is 13.6. The molecule has 3 heterocycles. The molecule has 2 aliphatic rings. The molecule has 3 N–H and O–H groups in total. The number of nitrogens with one attached hydrogen (secondary N) is 3. The largest absolute Gasteiger partial charge is 0.464 e. The van der Waals surface area contributed by atoms with E-state index >= 15 is 0 Å². The third-order valence-electron chi connectivity index (χ3n) is 7.03. The topological polar surface area (TPSA) is 138 Å². The number of aromatic nitrogens is 1. The molecule has 1 aliphatic heterocycles. The van der Waals surface area contributed by atoms with Gasteiger partial charge in [0.25, 0.3) is 17.4 Å². The molecule has 0 saturated heterocycles. The van der Waals surface area contributed by atoms with Crippen LogP contribution in [0.15, 0.2) is 69.4 Å². The number of sulfone groups is 1. The summed E-state index contributed by atoms with van der Waals surface area (Å²) in [6, 6.07) is 11.6. The van der Waals surface area contributed by atoms with Crippen LogP contribution >= 0.6 is 0 Å². The van der Waals surface area contributed by atoms with E-state index in [1.165, 1.54) is 12.1 Å². The van der Waals surface area contributed by atoms with Crippen LogP contribution in [0.3, 0.4) is 0 Å². The zero-order valence-electron chi connectivity index (χ0n) is 19.6. The molecule has 0 bridgehead atoms. The van der Waals surface area contributed by atoms with Gasteiger partial charge in [-0.15, -0.1) is 0 Å². The quantitative estimate of drug-likeness (QED) is 0.368. The van der Waals surface area contributed by atoms with Gasteiger partial charge in [-0.2, -0.15) is 0 Å². The molecule has 1 fully saturated rings. The Labute approximate surface area is 211 Å². The van der Waals surface area contributed by atoms with Crippen molar-refractivity contribution in [3.8, 4) is 0 Å². The Hall–Kier alpha value is -4.18. The van der Waals surface area contributed by atoms with Crippen LogP contribution in [0.5, 0.6) is 0 Å². The summed E-state index contributed by atoms with van der Waals surface area (Å²) in [5.41, 5.74) is 2.08. The second-order valence-electron chi connectivity index (χ2n) is 9.50. The molecule has 1 aliphatic carbocycles. The van der Waals surface area contributed by atoms with Crippen LogP contribution in [-0.4, -0.2) is 37.0 Å². The molecule has 4 aromatic rings. The number of furan rings is 1. The van der Waals surface area contributed by atoms with Gasteiger partial charge < -0.3 is 20.0 Å². The number of pyridine rings is 1. The highest BCUT2D eigenvalue weighted by Crippen LogP contribution is 2.40. The Morgan fingerprint density at radius 2 is 1.84 bits per heavy atom. The average molecular weight is 518 g/mol. The van der Waals surface area contributed by atoms with Crippen molar-refractivity contribution in [2.24, 2.45) is 0 Å². The van der Waals surface area contributed by atoms with E-state index in [1.54, 1.807) is 24.5 Å². The fraction of sp³-hybridized carbons (Fsp3) is 0.222. The minimum atomic E-state index is -3.36. The van der Waals surface area contributed by atoms with Crippen molar-refractivity contribution in [3.63, 3.8) is 0 Å². The number of amides is 2. The standard InChI is InChI=1S/C27H23N3O6S/c31-25(29-19-9-11-37(34,35)14-19)21-13-17-4-6-20(15-2-1-3-15)23(24(17)30-26(21)32)27(33)28-18-5-7-22-16(12-18)8-10-36-22/h4-13,15,19H,1-3,14H2,(H,28,33)(H,29,31)(H,30,32)/t19-/m1/s1. The molecule has 2 amide bonds. The third-order valence-corrected chi connectivity index (χ3v) is 8.42. The van der Waals surface area contributed by atoms with Gasteiger partial charge in [0.2, 0.25) is 0 Å². The van der Waals surface area contributed by atoms with E-state index in [1.807, 2.05) is 18.2 Å². The van der Waals surface area contributed by atoms with Crippen molar-refractivity contribution in [2.45, 2.75) is 31.2 Å². The number of fused-ring (bicyclic) bond motifs is 2. The summed E-state index contributed by atoms with van der Waals surface area (Å²) in [5.74, 6) is -1.07. The van der Waals surface area contributed by atoms with Gasteiger partial charge in [0.05, 0.1) is 29.1 Å². The second-order valence-corrected chi connectivity index (χ2v) is 11.4. The van der Waals surface area contributed by atoms with Crippen LogP contribution in [-0.2, 0) is 9.84 Å². The lowest BCUT2D eigenvalue weighted by atomic mass is 9.77. The maximum Gasteiger partial charge on any atom is 0.261 e. The zero-order chi connectivity index (χ0) is 25.7. The monoisotopic (exact) mass is 517 g/mol. The van der Waals surface area contributed by atoms with E-state index < -0.39 is 27.3 Å². The average Bonchev–Trinajstić information content (AvgIpc) is 3.42. The van der Waals surface area contributed by atoms with Crippen molar-refractivity contribution in [1.29, 1.82) is 0 Å². The van der Waals surface area contributed by atoms with Crippen LogP contribution in [0.4, 0.5) is 5.69 Å². The van der Waals surface area contributed by atoms with Gasteiger partial charge in [0.1, 0.15) is 11.1 Å². The Morgan fingerprint density at radius 1 is 1.00 bits per heavy atom. The highest BCUT2D eigenvalue weighted by atomic mass is 32.2. The van der Waals surface area contributed by atoms with E-state index in [4.69, 9.17) is 4.42 Å². The third kappa shape index (κ3) is 4.33. The molecule has 2 aromatic carbocycles. The van der Waals surface area contributed by atoms with E-state index in [2.05, 4.69) is 15.6 Å². The smallest absolute Gasteiger partial charge is 0.261 e. The molecule has 1 saturated carbocycles. The molecule has 188 valence electrons. The van der Waals surface area contributed by atoms with Crippen LogP contribution in [0.1, 0.15) is 51.5 Å². The molecule has 10 heteroatoms. The minimum Gasteiger partial charge on any atom is -0.464 e. The van der Waals surface area contributed by atoms with Crippen molar-refractivity contribution >= 4 is 49.2 Å². The number of aromatic amines is 1. The summed E-state index contributed by atoms with van der Waals surface area (Å²) in [5, 5.41) is 7.95.